The van der Waals surface area contributed by atoms with E-state index in [9.17, 15) is 4.79 Å². The second kappa shape index (κ2) is 7.85. The van der Waals surface area contributed by atoms with E-state index in [0.29, 0.717) is 6.42 Å². The SMILES string of the molecule is O=C(Nc1ccc(-c2csc(N3CCOCC3)n2)cc1)C1Cc2ccccc2O1. The van der Waals surface area contributed by atoms with Gasteiger partial charge in [0, 0.05) is 36.1 Å². The maximum absolute atomic E-state index is 12.6. The fraction of sp³-hybridized carbons (Fsp3) is 0.273. The van der Waals surface area contributed by atoms with Gasteiger partial charge in [-0.1, -0.05) is 30.3 Å². The standard InChI is InChI=1S/C22H21N3O3S/c26-21(20-13-16-3-1-2-4-19(16)28-20)23-17-7-5-15(6-8-17)18-14-29-22(24-18)25-9-11-27-12-10-25/h1-8,14,20H,9-13H2,(H,23,26). The van der Waals surface area contributed by atoms with Gasteiger partial charge in [0.05, 0.1) is 18.9 Å². The van der Waals surface area contributed by atoms with E-state index in [0.717, 1.165) is 59.7 Å². The smallest absolute Gasteiger partial charge is 0.265 e. The Bertz CT molecular complexity index is 987. The van der Waals surface area contributed by atoms with E-state index in [-0.39, 0.29) is 5.91 Å². The van der Waals surface area contributed by atoms with Gasteiger partial charge in [-0.05, 0) is 23.8 Å². The van der Waals surface area contributed by atoms with E-state index < -0.39 is 6.10 Å². The van der Waals surface area contributed by atoms with Crippen molar-refractivity contribution in [3.05, 3.63) is 59.5 Å². The number of fused-ring (bicyclic) bond motifs is 1. The number of hydrogen-bond donors (Lipinski definition) is 1. The molecule has 1 saturated heterocycles. The van der Waals surface area contributed by atoms with Crippen LogP contribution in [0.15, 0.2) is 53.9 Å². The first-order valence-corrected chi connectivity index (χ1v) is 10.6. The number of aromatic nitrogens is 1. The van der Waals surface area contributed by atoms with Crippen LogP contribution in [0.1, 0.15) is 5.56 Å². The van der Waals surface area contributed by atoms with E-state index in [1.165, 1.54) is 0 Å². The number of nitrogens with one attached hydrogen (secondary N) is 1. The van der Waals surface area contributed by atoms with Crippen LogP contribution in [0.3, 0.4) is 0 Å². The molecule has 148 valence electrons. The Balaban J connectivity index is 1.23. The number of carbonyl (C=O) groups is 1. The molecule has 3 aromatic rings. The molecule has 7 heteroatoms. The highest BCUT2D eigenvalue weighted by Gasteiger charge is 2.28. The number of para-hydroxylation sites is 1. The Kier molecular flexibility index (Phi) is 4.91. The minimum atomic E-state index is -0.485. The molecule has 6 nitrogen and oxygen atoms in total. The van der Waals surface area contributed by atoms with Gasteiger partial charge < -0.3 is 19.7 Å². The van der Waals surface area contributed by atoms with Gasteiger partial charge in [0.25, 0.3) is 5.91 Å². The van der Waals surface area contributed by atoms with Gasteiger partial charge in [0.2, 0.25) is 0 Å². The molecule has 1 amide bonds. The topological polar surface area (TPSA) is 63.7 Å². The van der Waals surface area contributed by atoms with Crippen LogP contribution in [0.25, 0.3) is 11.3 Å². The fourth-order valence-electron chi connectivity index (χ4n) is 3.57. The average molecular weight is 407 g/mol. The van der Waals surface area contributed by atoms with Crippen molar-refractivity contribution < 1.29 is 14.3 Å². The predicted octanol–water partition coefficient (Wildman–Crippen LogP) is 3.59. The van der Waals surface area contributed by atoms with Crippen LogP contribution < -0.4 is 15.0 Å². The van der Waals surface area contributed by atoms with Crippen molar-refractivity contribution in [1.82, 2.24) is 4.98 Å². The molecule has 2 aliphatic heterocycles. The monoisotopic (exact) mass is 407 g/mol. The third-order valence-corrected chi connectivity index (χ3v) is 6.06. The van der Waals surface area contributed by atoms with Crippen molar-refractivity contribution in [3.8, 4) is 17.0 Å². The molecule has 0 saturated carbocycles. The normalized spacial score (nSPS) is 18.2. The maximum Gasteiger partial charge on any atom is 0.265 e. The summed E-state index contributed by atoms with van der Waals surface area (Å²) in [5.74, 6) is 0.666. The Morgan fingerprint density at radius 3 is 2.69 bits per heavy atom. The Hall–Kier alpha value is -2.90. The summed E-state index contributed by atoms with van der Waals surface area (Å²) in [6.07, 6.45) is 0.116. The van der Waals surface area contributed by atoms with Gasteiger partial charge in [-0.15, -0.1) is 11.3 Å². The van der Waals surface area contributed by atoms with Crippen LogP contribution in [0.5, 0.6) is 5.75 Å². The summed E-state index contributed by atoms with van der Waals surface area (Å²) in [7, 11) is 0. The minimum absolute atomic E-state index is 0.128. The molecule has 1 fully saturated rings. The van der Waals surface area contributed by atoms with E-state index in [1.807, 2.05) is 48.5 Å². The van der Waals surface area contributed by atoms with Crippen molar-refractivity contribution in [3.63, 3.8) is 0 Å². The summed E-state index contributed by atoms with van der Waals surface area (Å²) in [6, 6.07) is 15.6. The van der Waals surface area contributed by atoms with Crippen LogP contribution in [0, 0.1) is 0 Å². The van der Waals surface area contributed by atoms with Crippen LogP contribution in [0.4, 0.5) is 10.8 Å². The molecule has 1 atom stereocenters. The van der Waals surface area contributed by atoms with Crippen molar-refractivity contribution in [2.24, 2.45) is 0 Å². The lowest BCUT2D eigenvalue weighted by Crippen LogP contribution is -2.36. The van der Waals surface area contributed by atoms with Gasteiger partial charge in [-0.2, -0.15) is 0 Å². The summed E-state index contributed by atoms with van der Waals surface area (Å²) < 4.78 is 11.2. The van der Waals surface area contributed by atoms with Crippen molar-refractivity contribution in [2.75, 3.05) is 36.5 Å². The van der Waals surface area contributed by atoms with Gasteiger partial charge >= 0.3 is 0 Å². The molecule has 1 N–H and O–H groups in total. The van der Waals surface area contributed by atoms with Crippen LogP contribution in [-0.2, 0) is 16.0 Å². The molecule has 1 aromatic heterocycles. The molecule has 0 bridgehead atoms. The largest absolute Gasteiger partial charge is 0.480 e. The summed E-state index contributed by atoms with van der Waals surface area (Å²) in [5, 5.41) is 6.05. The summed E-state index contributed by atoms with van der Waals surface area (Å²) >= 11 is 1.65. The maximum atomic E-state index is 12.6. The number of amides is 1. The first-order valence-electron chi connectivity index (χ1n) is 9.70. The molecule has 3 heterocycles. The van der Waals surface area contributed by atoms with Gasteiger partial charge in [-0.25, -0.2) is 4.98 Å². The first-order chi connectivity index (χ1) is 14.3. The second-order valence-corrected chi connectivity index (χ2v) is 7.94. The zero-order valence-corrected chi connectivity index (χ0v) is 16.7. The fourth-order valence-corrected chi connectivity index (χ4v) is 4.46. The number of ether oxygens (including phenoxy) is 2. The minimum Gasteiger partial charge on any atom is -0.480 e. The highest BCUT2D eigenvalue weighted by atomic mass is 32.1. The molecule has 0 spiro atoms. The van der Waals surface area contributed by atoms with Crippen LogP contribution >= 0.6 is 11.3 Å². The number of rotatable bonds is 4. The highest BCUT2D eigenvalue weighted by Crippen LogP contribution is 2.30. The molecule has 0 radical (unpaired) electrons. The molecule has 5 rings (SSSR count). The van der Waals surface area contributed by atoms with Crippen molar-refractivity contribution >= 4 is 28.1 Å². The number of thiazole rings is 1. The summed E-state index contributed by atoms with van der Waals surface area (Å²) in [6.45, 7) is 3.26. The molecular weight excluding hydrogens is 386 g/mol. The molecule has 2 aliphatic rings. The summed E-state index contributed by atoms with van der Waals surface area (Å²) in [5.41, 5.74) is 3.80. The van der Waals surface area contributed by atoms with E-state index in [2.05, 4.69) is 15.6 Å². The Labute approximate surface area is 173 Å². The van der Waals surface area contributed by atoms with Gasteiger partial charge in [0.15, 0.2) is 11.2 Å². The third-order valence-electron chi connectivity index (χ3n) is 5.16. The quantitative estimate of drug-likeness (QED) is 0.716. The number of hydrogen-bond acceptors (Lipinski definition) is 6. The van der Waals surface area contributed by atoms with Crippen LogP contribution in [-0.4, -0.2) is 43.3 Å². The van der Waals surface area contributed by atoms with Crippen LogP contribution in [0.2, 0.25) is 0 Å². The average Bonchev–Trinajstić information content (AvgIpc) is 3.42. The molecule has 1 unspecified atom stereocenters. The third kappa shape index (κ3) is 3.83. The number of anilines is 2. The number of nitrogens with zero attached hydrogens (tertiary/aromatic N) is 2. The second-order valence-electron chi connectivity index (χ2n) is 7.10. The number of carbonyl (C=O) groups excluding carboxylic acids is 1. The zero-order chi connectivity index (χ0) is 19.6. The molecule has 2 aromatic carbocycles. The van der Waals surface area contributed by atoms with E-state index in [4.69, 9.17) is 14.5 Å². The van der Waals surface area contributed by atoms with Crippen molar-refractivity contribution in [1.29, 1.82) is 0 Å². The Morgan fingerprint density at radius 1 is 1.10 bits per heavy atom. The van der Waals surface area contributed by atoms with Gasteiger partial charge in [0.1, 0.15) is 5.75 Å². The summed E-state index contributed by atoms with van der Waals surface area (Å²) in [4.78, 5) is 19.6. The van der Waals surface area contributed by atoms with E-state index >= 15 is 0 Å². The predicted molar refractivity (Wildman–Crippen MR) is 114 cm³/mol. The lowest BCUT2D eigenvalue weighted by molar-refractivity contribution is -0.122. The highest BCUT2D eigenvalue weighted by molar-refractivity contribution is 7.14. The molecule has 0 aliphatic carbocycles. The first kappa shape index (κ1) is 18.1. The lowest BCUT2D eigenvalue weighted by Gasteiger charge is -2.26. The number of morpholine rings is 1. The zero-order valence-electron chi connectivity index (χ0n) is 15.8. The lowest BCUT2D eigenvalue weighted by atomic mass is 10.1. The van der Waals surface area contributed by atoms with E-state index in [1.54, 1.807) is 11.3 Å². The van der Waals surface area contributed by atoms with Gasteiger partial charge in [-0.3, -0.25) is 4.79 Å². The Morgan fingerprint density at radius 2 is 1.90 bits per heavy atom. The molecule has 29 heavy (non-hydrogen) atoms. The molecular formula is C22H21N3O3S. The van der Waals surface area contributed by atoms with Crippen molar-refractivity contribution in [2.45, 2.75) is 12.5 Å². The number of benzene rings is 2.